The molecule has 1 fully saturated rings. The molecule has 2 heterocycles. The summed E-state index contributed by atoms with van der Waals surface area (Å²) in [5, 5.41) is 2.88. The number of carbonyl (C=O) groups is 1. The Labute approximate surface area is 131 Å². The Morgan fingerprint density at radius 3 is 2.77 bits per heavy atom. The van der Waals surface area contributed by atoms with Gasteiger partial charge >= 0.3 is 6.03 Å². The molecule has 0 aliphatic carbocycles. The zero-order valence-corrected chi connectivity index (χ0v) is 13.9. The van der Waals surface area contributed by atoms with Crippen molar-refractivity contribution >= 4 is 16.1 Å². The third-order valence-electron chi connectivity index (χ3n) is 3.62. The van der Waals surface area contributed by atoms with Crippen LogP contribution in [0.15, 0.2) is 16.5 Å². The average Bonchev–Trinajstić information content (AvgIpc) is 2.84. The number of amides is 2. The Morgan fingerprint density at radius 2 is 2.18 bits per heavy atom. The molecule has 0 unspecified atom stereocenters. The number of aryl methyl sites for hydroxylation is 1. The number of rotatable bonds is 4. The maximum Gasteiger partial charge on any atom is 0.318 e. The molecule has 1 aliphatic heterocycles. The van der Waals surface area contributed by atoms with E-state index in [0.29, 0.717) is 18.8 Å². The second-order valence-corrected chi connectivity index (χ2v) is 7.57. The first-order valence-corrected chi connectivity index (χ1v) is 9.23. The number of furan rings is 1. The van der Waals surface area contributed by atoms with Gasteiger partial charge in [-0.05, 0) is 38.8 Å². The van der Waals surface area contributed by atoms with Crippen LogP contribution in [0.5, 0.6) is 0 Å². The highest BCUT2D eigenvalue weighted by Crippen LogP contribution is 2.17. The predicted molar refractivity (Wildman–Crippen MR) is 83.0 cm³/mol. The van der Waals surface area contributed by atoms with Crippen molar-refractivity contribution in [3.8, 4) is 0 Å². The summed E-state index contributed by atoms with van der Waals surface area (Å²) >= 11 is 0. The largest absolute Gasteiger partial charge is 0.464 e. The number of urea groups is 1. The van der Waals surface area contributed by atoms with Gasteiger partial charge in [0.1, 0.15) is 11.5 Å². The van der Waals surface area contributed by atoms with Crippen LogP contribution < -0.4 is 10.0 Å². The number of likely N-dealkylation sites (tertiary alicyclic amines) is 1. The topological polar surface area (TPSA) is 91.7 Å². The molecule has 0 radical (unpaired) electrons. The maximum atomic E-state index is 12.3. The number of nitrogens with one attached hydrogen (secondary N) is 2. The molecule has 7 nitrogen and oxygen atoms in total. The molecule has 2 atom stereocenters. The van der Waals surface area contributed by atoms with Crippen LogP contribution >= 0.6 is 0 Å². The van der Waals surface area contributed by atoms with E-state index >= 15 is 0 Å². The fraction of sp³-hybridized carbons (Fsp3) is 0.643. The second kappa shape index (κ2) is 6.70. The van der Waals surface area contributed by atoms with Gasteiger partial charge in [0.2, 0.25) is 10.0 Å². The Hall–Kier alpha value is -1.54. The average molecular weight is 329 g/mol. The van der Waals surface area contributed by atoms with Gasteiger partial charge < -0.3 is 14.6 Å². The van der Waals surface area contributed by atoms with Crippen LogP contribution in [0, 0.1) is 6.92 Å². The number of hydrogen-bond donors (Lipinski definition) is 2. The van der Waals surface area contributed by atoms with Crippen LogP contribution in [0.3, 0.4) is 0 Å². The molecule has 22 heavy (non-hydrogen) atoms. The highest BCUT2D eigenvalue weighted by Gasteiger charge is 2.26. The first kappa shape index (κ1) is 16.8. The highest BCUT2D eigenvalue weighted by molar-refractivity contribution is 7.88. The number of carbonyl (C=O) groups excluding carboxylic acids is 1. The Morgan fingerprint density at radius 1 is 1.45 bits per heavy atom. The van der Waals surface area contributed by atoms with Gasteiger partial charge in [-0.3, -0.25) is 0 Å². The molecular formula is C14H23N3O4S. The van der Waals surface area contributed by atoms with E-state index in [0.717, 1.165) is 24.9 Å². The van der Waals surface area contributed by atoms with Gasteiger partial charge in [-0.15, -0.1) is 0 Å². The summed E-state index contributed by atoms with van der Waals surface area (Å²) < 4.78 is 30.7. The van der Waals surface area contributed by atoms with Crippen molar-refractivity contribution in [1.29, 1.82) is 0 Å². The molecule has 1 aromatic rings. The van der Waals surface area contributed by atoms with Crippen LogP contribution in [-0.4, -0.2) is 44.7 Å². The molecule has 0 spiro atoms. The van der Waals surface area contributed by atoms with Gasteiger partial charge in [-0.2, -0.15) is 0 Å². The lowest BCUT2D eigenvalue weighted by molar-refractivity contribution is 0.173. The SMILES string of the molecule is Cc1ccc([C@H](C)NC(=O)N2CCC[C@H](NS(C)(=O)=O)C2)o1. The zero-order valence-electron chi connectivity index (χ0n) is 13.1. The Balaban J connectivity index is 1.91. The van der Waals surface area contributed by atoms with E-state index in [4.69, 9.17) is 4.42 Å². The van der Waals surface area contributed by atoms with E-state index in [1.807, 2.05) is 26.0 Å². The normalized spacial score (nSPS) is 20.7. The lowest BCUT2D eigenvalue weighted by atomic mass is 10.1. The molecule has 1 aliphatic rings. The number of nitrogens with zero attached hydrogens (tertiary/aromatic N) is 1. The molecular weight excluding hydrogens is 306 g/mol. The smallest absolute Gasteiger partial charge is 0.318 e. The fourth-order valence-electron chi connectivity index (χ4n) is 2.59. The maximum absolute atomic E-state index is 12.3. The number of sulfonamides is 1. The molecule has 1 saturated heterocycles. The lowest BCUT2D eigenvalue weighted by Crippen LogP contribution is -2.52. The zero-order chi connectivity index (χ0) is 16.3. The summed E-state index contributed by atoms with van der Waals surface area (Å²) in [7, 11) is -3.26. The third-order valence-corrected chi connectivity index (χ3v) is 4.38. The van der Waals surface area contributed by atoms with E-state index < -0.39 is 10.0 Å². The minimum absolute atomic E-state index is 0.207. The summed E-state index contributed by atoms with van der Waals surface area (Å²) in [6.45, 7) is 4.71. The van der Waals surface area contributed by atoms with Gasteiger partial charge in [0.05, 0.1) is 12.3 Å². The van der Waals surface area contributed by atoms with Crippen molar-refractivity contribution in [1.82, 2.24) is 14.9 Å². The third kappa shape index (κ3) is 4.74. The first-order chi connectivity index (χ1) is 10.2. The van der Waals surface area contributed by atoms with Gasteiger partial charge in [0.15, 0.2) is 0 Å². The molecule has 0 aromatic carbocycles. The lowest BCUT2D eigenvalue weighted by Gasteiger charge is -2.33. The molecule has 124 valence electrons. The van der Waals surface area contributed by atoms with Crippen molar-refractivity contribution in [2.45, 2.75) is 38.8 Å². The monoisotopic (exact) mass is 329 g/mol. The molecule has 2 amide bonds. The Bertz CT molecular complexity index is 626. The number of hydrogen-bond acceptors (Lipinski definition) is 4. The highest BCUT2D eigenvalue weighted by atomic mass is 32.2. The Kier molecular flexibility index (Phi) is 5.12. The van der Waals surface area contributed by atoms with E-state index in [-0.39, 0.29) is 18.1 Å². The van der Waals surface area contributed by atoms with Crippen molar-refractivity contribution in [2.75, 3.05) is 19.3 Å². The van der Waals surface area contributed by atoms with Gasteiger partial charge in [-0.1, -0.05) is 0 Å². The van der Waals surface area contributed by atoms with Crippen LogP contribution in [-0.2, 0) is 10.0 Å². The minimum Gasteiger partial charge on any atom is -0.464 e. The summed E-state index contributed by atoms with van der Waals surface area (Å²) in [6.07, 6.45) is 2.64. The van der Waals surface area contributed by atoms with Crippen molar-refractivity contribution in [3.63, 3.8) is 0 Å². The quantitative estimate of drug-likeness (QED) is 0.873. The molecule has 8 heteroatoms. The fourth-order valence-corrected chi connectivity index (χ4v) is 3.39. The molecule has 2 N–H and O–H groups in total. The summed E-state index contributed by atoms with van der Waals surface area (Å²) in [6, 6.07) is 3.02. The van der Waals surface area contributed by atoms with Crippen molar-refractivity contribution in [2.24, 2.45) is 0 Å². The standard InChI is InChI=1S/C14H23N3O4S/c1-10-6-7-13(21-10)11(2)15-14(18)17-8-4-5-12(9-17)16-22(3,19)20/h6-7,11-12,16H,4-5,8-9H2,1-3H3,(H,15,18)/t11-,12-/m0/s1. The minimum atomic E-state index is -3.26. The van der Waals surface area contributed by atoms with Crippen LogP contribution in [0.1, 0.15) is 37.3 Å². The first-order valence-electron chi connectivity index (χ1n) is 7.33. The summed E-state index contributed by atoms with van der Waals surface area (Å²) in [5.74, 6) is 1.50. The molecule has 0 saturated carbocycles. The van der Waals surface area contributed by atoms with E-state index in [9.17, 15) is 13.2 Å². The molecule has 0 bridgehead atoms. The predicted octanol–water partition coefficient (Wildman–Crippen LogP) is 1.37. The van der Waals surface area contributed by atoms with Gasteiger partial charge in [0.25, 0.3) is 0 Å². The molecule has 2 rings (SSSR count). The van der Waals surface area contributed by atoms with Gasteiger partial charge in [-0.25, -0.2) is 17.9 Å². The summed E-state index contributed by atoms with van der Waals surface area (Å²) in [5.41, 5.74) is 0. The number of piperidine rings is 1. The van der Waals surface area contributed by atoms with E-state index in [2.05, 4.69) is 10.0 Å². The van der Waals surface area contributed by atoms with Gasteiger partial charge in [0, 0.05) is 19.1 Å². The van der Waals surface area contributed by atoms with Crippen LogP contribution in [0.4, 0.5) is 4.79 Å². The summed E-state index contributed by atoms with van der Waals surface area (Å²) in [4.78, 5) is 13.9. The van der Waals surface area contributed by atoms with E-state index in [1.165, 1.54) is 0 Å². The van der Waals surface area contributed by atoms with Crippen LogP contribution in [0.2, 0.25) is 0 Å². The molecule has 1 aromatic heterocycles. The van der Waals surface area contributed by atoms with Crippen LogP contribution in [0.25, 0.3) is 0 Å². The van der Waals surface area contributed by atoms with E-state index in [1.54, 1.807) is 4.90 Å². The second-order valence-electron chi connectivity index (χ2n) is 5.79. The van der Waals surface area contributed by atoms with Crippen molar-refractivity contribution < 1.29 is 17.6 Å². The van der Waals surface area contributed by atoms with Crippen molar-refractivity contribution in [3.05, 3.63) is 23.7 Å².